The van der Waals surface area contributed by atoms with Gasteiger partial charge in [0, 0.05) is 19.6 Å². The maximum absolute atomic E-state index is 13.4. The Balaban J connectivity index is 1.85. The first-order valence-electron chi connectivity index (χ1n) is 11.6. The van der Waals surface area contributed by atoms with Crippen LogP contribution in [0.25, 0.3) is 11.0 Å². The smallest absolute Gasteiger partial charge is 0.318 e. The maximum Gasteiger partial charge on any atom is 0.318 e. The molecule has 184 valence electrons. The quantitative estimate of drug-likeness (QED) is 0.325. The molecule has 35 heavy (non-hydrogen) atoms. The number of fused-ring (bicyclic) bond motifs is 1. The molecule has 0 spiro atoms. The third-order valence-electron chi connectivity index (χ3n) is 5.52. The van der Waals surface area contributed by atoms with Crippen LogP contribution in [0.2, 0.25) is 0 Å². The Morgan fingerprint density at radius 2 is 1.83 bits per heavy atom. The van der Waals surface area contributed by atoms with Gasteiger partial charge >= 0.3 is 6.03 Å². The molecular weight excluding hydrogens is 449 g/mol. The molecule has 0 saturated heterocycles. The zero-order valence-electron chi connectivity index (χ0n) is 19.8. The van der Waals surface area contributed by atoms with Crippen LogP contribution in [0.15, 0.2) is 76.7 Å². The number of urea groups is 1. The number of benzene rings is 2. The van der Waals surface area contributed by atoms with E-state index in [4.69, 9.17) is 4.42 Å². The van der Waals surface area contributed by atoms with Crippen LogP contribution in [0.3, 0.4) is 0 Å². The molecule has 3 rings (SSSR count). The van der Waals surface area contributed by atoms with Gasteiger partial charge in [0.25, 0.3) is 0 Å². The van der Waals surface area contributed by atoms with Crippen LogP contribution in [-0.4, -0.2) is 41.4 Å². The van der Waals surface area contributed by atoms with Crippen molar-refractivity contribution in [3.05, 3.63) is 94.6 Å². The lowest BCUT2D eigenvalue weighted by Crippen LogP contribution is -2.47. The highest BCUT2D eigenvalue weighted by molar-refractivity contribution is 5.84. The van der Waals surface area contributed by atoms with Gasteiger partial charge in [0.1, 0.15) is 17.9 Å². The van der Waals surface area contributed by atoms with Crippen molar-refractivity contribution >= 4 is 22.9 Å². The minimum absolute atomic E-state index is 0.0250. The second kappa shape index (κ2) is 12.5. The Hall–Kier alpha value is -3.94. The van der Waals surface area contributed by atoms with Crippen molar-refractivity contribution in [1.29, 1.82) is 0 Å². The Morgan fingerprint density at radius 3 is 2.54 bits per heavy atom. The van der Waals surface area contributed by atoms with E-state index in [1.54, 1.807) is 42.5 Å². The fourth-order valence-electron chi connectivity index (χ4n) is 3.60. The highest BCUT2D eigenvalue weighted by Crippen LogP contribution is 2.14. The highest BCUT2D eigenvalue weighted by Gasteiger charge is 2.22. The number of carbonyl (C=O) groups excluding carboxylic acids is 2. The van der Waals surface area contributed by atoms with E-state index in [0.29, 0.717) is 28.6 Å². The summed E-state index contributed by atoms with van der Waals surface area (Å²) in [6.07, 6.45) is 4.67. The van der Waals surface area contributed by atoms with Crippen molar-refractivity contribution in [1.82, 2.24) is 15.1 Å². The molecule has 3 amide bonds. The molecule has 0 aliphatic carbocycles. The lowest BCUT2D eigenvalue weighted by atomic mass is 10.1. The number of amides is 3. The predicted molar refractivity (Wildman–Crippen MR) is 133 cm³/mol. The molecular formula is C27H30FN3O4. The first-order chi connectivity index (χ1) is 16.9. The zero-order valence-corrected chi connectivity index (χ0v) is 19.8. The lowest BCUT2D eigenvalue weighted by Gasteiger charge is -2.27. The van der Waals surface area contributed by atoms with Crippen molar-refractivity contribution < 1.29 is 18.4 Å². The van der Waals surface area contributed by atoms with E-state index in [1.807, 2.05) is 6.92 Å². The standard InChI is InChI=1S/C27H30FN3O4/c1-3-5-14-29-27(34)30(15-4-2)18-25(32)31(16-20-10-12-22(28)13-11-20)17-21-19-35-24-9-7-6-8-23(24)26(21)33/h4,6-13,19H,2-3,5,14-18H2,1H3,(H,29,34). The van der Waals surface area contributed by atoms with Crippen molar-refractivity contribution in [3.63, 3.8) is 0 Å². The second-order valence-corrected chi connectivity index (χ2v) is 8.22. The molecule has 0 fully saturated rings. The molecule has 1 aromatic heterocycles. The monoisotopic (exact) mass is 479 g/mol. The van der Waals surface area contributed by atoms with Crippen LogP contribution in [-0.2, 0) is 17.9 Å². The molecule has 0 unspecified atom stereocenters. The summed E-state index contributed by atoms with van der Waals surface area (Å²) < 4.78 is 19.0. The van der Waals surface area contributed by atoms with Gasteiger partial charge in [-0.2, -0.15) is 0 Å². The number of nitrogens with zero attached hydrogens (tertiary/aromatic N) is 2. The Kier molecular flexibility index (Phi) is 9.17. The maximum atomic E-state index is 13.4. The molecule has 0 radical (unpaired) electrons. The molecule has 1 heterocycles. The molecule has 0 aliphatic heterocycles. The molecule has 7 nitrogen and oxygen atoms in total. The van der Waals surface area contributed by atoms with Gasteiger partial charge in [-0.05, 0) is 36.2 Å². The molecule has 0 aliphatic rings. The number of halogens is 1. The first kappa shape index (κ1) is 25.7. The fraction of sp³-hybridized carbons (Fsp3) is 0.296. The van der Waals surface area contributed by atoms with Crippen molar-refractivity contribution in [2.45, 2.75) is 32.9 Å². The summed E-state index contributed by atoms with van der Waals surface area (Å²) in [5.41, 5.74) is 1.22. The van der Waals surface area contributed by atoms with Crippen LogP contribution in [0.5, 0.6) is 0 Å². The fourth-order valence-corrected chi connectivity index (χ4v) is 3.60. The lowest BCUT2D eigenvalue weighted by molar-refractivity contribution is -0.133. The SMILES string of the molecule is C=CCN(CC(=O)N(Cc1ccc(F)cc1)Cc1coc2ccccc2c1=O)C(=O)NCCCC. The molecule has 0 saturated carbocycles. The van der Waals surface area contributed by atoms with Crippen molar-refractivity contribution in [3.8, 4) is 0 Å². The van der Waals surface area contributed by atoms with Crippen LogP contribution < -0.4 is 10.7 Å². The molecule has 0 atom stereocenters. The summed E-state index contributed by atoms with van der Waals surface area (Å²) >= 11 is 0. The Labute approximate surface area is 203 Å². The third kappa shape index (κ3) is 7.02. The van der Waals surface area contributed by atoms with Crippen molar-refractivity contribution in [2.24, 2.45) is 0 Å². The van der Waals surface area contributed by atoms with E-state index in [2.05, 4.69) is 11.9 Å². The zero-order chi connectivity index (χ0) is 25.2. The van der Waals surface area contributed by atoms with Gasteiger partial charge in [0.05, 0.1) is 23.8 Å². The van der Waals surface area contributed by atoms with E-state index in [1.165, 1.54) is 28.2 Å². The Morgan fingerprint density at radius 1 is 1.09 bits per heavy atom. The number of carbonyl (C=O) groups is 2. The topological polar surface area (TPSA) is 82.9 Å². The van der Waals surface area contributed by atoms with E-state index < -0.39 is 0 Å². The largest absolute Gasteiger partial charge is 0.464 e. The summed E-state index contributed by atoms with van der Waals surface area (Å²) in [5, 5.41) is 3.23. The van der Waals surface area contributed by atoms with Crippen LogP contribution >= 0.6 is 0 Å². The average molecular weight is 480 g/mol. The number of rotatable bonds is 11. The highest BCUT2D eigenvalue weighted by atomic mass is 19.1. The van der Waals surface area contributed by atoms with Gasteiger partial charge in [-0.3, -0.25) is 9.59 Å². The first-order valence-corrected chi connectivity index (χ1v) is 11.6. The van der Waals surface area contributed by atoms with Gasteiger partial charge in [0.15, 0.2) is 5.43 Å². The van der Waals surface area contributed by atoms with Gasteiger partial charge in [0.2, 0.25) is 5.91 Å². The number of hydrogen-bond donors (Lipinski definition) is 1. The molecule has 3 aromatic rings. The van der Waals surface area contributed by atoms with Gasteiger partial charge in [-0.1, -0.05) is 43.7 Å². The number of para-hydroxylation sites is 1. The molecule has 8 heteroatoms. The molecule has 1 N–H and O–H groups in total. The predicted octanol–water partition coefficient (Wildman–Crippen LogP) is 4.46. The van der Waals surface area contributed by atoms with Gasteiger partial charge < -0.3 is 19.5 Å². The second-order valence-electron chi connectivity index (χ2n) is 8.22. The van der Waals surface area contributed by atoms with Gasteiger partial charge in [-0.15, -0.1) is 6.58 Å². The molecule has 0 bridgehead atoms. The van der Waals surface area contributed by atoms with Crippen LogP contribution in [0.4, 0.5) is 9.18 Å². The number of hydrogen-bond acceptors (Lipinski definition) is 4. The van der Waals surface area contributed by atoms with Crippen LogP contribution in [0.1, 0.15) is 30.9 Å². The third-order valence-corrected chi connectivity index (χ3v) is 5.52. The van der Waals surface area contributed by atoms with E-state index >= 15 is 0 Å². The van der Waals surface area contributed by atoms with E-state index in [9.17, 15) is 18.8 Å². The minimum atomic E-state index is -0.386. The normalized spacial score (nSPS) is 10.7. The average Bonchev–Trinajstić information content (AvgIpc) is 2.86. The summed E-state index contributed by atoms with van der Waals surface area (Å²) in [6.45, 7) is 6.30. The summed E-state index contributed by atoms with van der Waals surface area (Å²) in [4.78, 5) is 41.8. The Bertz CT molecular complexity index is 1220. The van der Waals surface area contributed by atoms with E-state index in [-0.39, 0.29) is 49.4 Å². The summed E-state index contributed by atoms with van der Waals surface area (Å²) in [5.74, 6) is -0.753. The summed E-state index contributed by atoms with van der Waals surface area (Å²) in [7, 11) is 0. The number of nitrogens with one attached hydrogen (secondary N) is 1. The van der Waals surface area contributed by atoms with E-state index in [0.717, 1.165) is 12.8 Å². The minimum Gasteiger partial charge on any atom is -0.464 e. The number of unbranched alkanes of at least 4 members (excludes halogenated alkanes) is 1. The molecule has 2 aromatic carbocycles. The van der Waals surface area contributed by atoms with Crippen LogP contribution in [0, 0.1) is 5.82 Å². The summed E-state index contributed by atoms with van der Waals surface area (Å²) in [6, 6.07) is 12.3. The van der Waals surface area contributed by atoms with Gasteiger partial charge in [-0.25, -0.2) is 9.18 Å². The van der Waals surface area contributed by atoms with Crippen molar-refractivity contribution in [2.75, 3.05) is 19.6 Å².